The average Bonchev–Trinajstić information content (AvgIpc) is 2.28. The highest BCUT2D eigenvalue weighted by molar-refractivity contribution is 14.1. The minimum absolute atomic E-state index is 0.0914. The van der Waals surface area contributed by atoms with Crippen LogP contribution < -0.4 is 5.73 Å². The second-order valence-electron chi connectivity index (χ2n) is 3.08. The van der Waals surface area contributed by atoms with E-state index in [1.165, 1.54) is 6.20 Å². The number of ether oxygens (including phenoxy) is 1. The van der Waals surface area contributed by atoms with Gasteiger partial charge in [0, 0.05) is 16.3 Å². The van der Waals surface area contributed by atoms with Crippen LogP contribution in [0.15, 0.2) is 6.20 Å². The smallest absolute Gasteiger partial charge is 0.357 e. The third-order valence-electron chi connectivity index (χ3n) is 2.03. The minimum Gasteiger partial charge on any atom is -0.461 e. The minimum atomic E-state index is -2.79. The Balaban J connectivity index is 3.31. The van der Waals surface area contributed by atoms with Crippen molar-refractivity contribution in [3.8, 4) is 0 Å². The molecule has 0 aliphatic carbocycles. The van der Waals surface area contributed by atoms with Crippen molar-refractivity contribution in [2.24, 2.45) is 5.73 Å². The monoisotopic (exact) mass is 356 g/mol. The van der Waals surface area contributed by atoms with Crippen LogP contribution in [0.1, 0.15) is 35.0 Å². The first-order valence-electron chi connectivity index (χ1n) is 4.85. The Labute approximate surface area is 111 Å². The quantitative estimate of drug-likeness (QED) is 0.664. The van der Waals surface area contributed by atoms with Crippen LogP contribution in [0.2, 0.25) is 0 Å². The van der Waals surface area contributed by atoms with E-state index in [9.17, 15) is 13.6 Å². The van der Waals surface area contributed by atoms with E-state index in [1.807, 2.05) is 0 Å². The molecule has 1 aromatic heterocycles. The lowest BCUT2D eigenvalue weighted by Gasteiger charge is -2.11. The van der Waals surface area contributed by atoms with Crippen molar-refractivity contribution >= 4 is 28.6 Å². The largest absolute Gasteiger partial charge is 0.461 e. The number of pyridine rings is 1. The van der Waals surface area contributed by atoms with Crippen molar-refractivity contribution in [2.45, 2.75) is 19.9 Å². The lowest BCUT2D eigenvalue weighted by molar-refractivity contribution is 0.0507. The van der Waals surface area contributed by atoms with Crippen LogP contribution >= 0.6 is 22.6 Å². The fourth-order valence-corrected chi connectivity index (χ4v) is 2.10. The van der Waals surface area contributed by atoms with Crippen molar-refractivity contribution in [3.05, 3.63) is 26.6 Å². The second-order valence-corrected chi connectivity index (χ2v) is 4.16. The Hall–Kier alpha value is -0.830. The number of carbonyl (C=O) groups is 1. The van der Waals surface area contributed by atoms with E-state index in [0.29, 0.717) is 5.56 Å². The fraction of sp³-hybridized carbons (Fsp3) is 0.400. The summed E-state index contributed by atoms with van der Waals surface area (Å²) < 4.78 is 30.8. The summed E-state index contributed by atoms with van der Waals surface area (Å²) in [5.74, 6) is -0.843. The maximum atomic E-state index is 12.9. The normalized spacial score (nSPS) is 10.7. The van der Waals surface area contributed by atoms with E-state index < -0.39 is 18.0 Å². The van der Waals surface area contributed by atoms with Gasteiger partial charge in [0.1, 0.15) is 0 Å². The maximum Gasteiger partial charge on any atom is 0.357 e. The van der Waals surface area contributed by atoms with E-state index in [1.54, 1.807) is 29.5 Å². The number of esters is 1. The molecule has 4 nitrogen and oxygen atoms in total. The van der Waals surface area contributed by atoms with E-state index in [-0.39, 0.29) is 22.4 Å². The van der Waals surface area contributed by atoms with Crippen LogP contribution in [0.4, 0.5) is 8.78 Å². The summed E-state index contributed by atoms with van der Waals surface area (Å²) in [5, 5.41) is 0. The number of carbonyl (C=O) groups excluding carboxylic acids is 1. The van der Waals surface area contributed by atoms with Gasteiger partial charge in [-0.25, -0.2) is 18.6 Å². The molecule has 0 saturated heterocycles. The number of halogens is 3. The predicted octanol–water partition coefficient (Wildman–Crippen LogP) is 2.26. The molecule has 2 N–H and O–H groups in total. The second kappa shape index (κ2) is 6.20. The van der Waals surface area contributed by atoms with Crippen molar-refractivity contribution < 1.29 is 18.3 Å². The van der Waals surface area contributed by atoms with Gasteiger partial charge in [-0.1, -0.05) is 0 Å². The molecular formula is C10H11F2IN2O2. The number of aromatic nitrogens is 1. The maximum absolute atomic E-state index is 12.9. The molecule has 0 fully saturated rings. The molecule has 0 amide bonds. The summed E-state index contributed by atoms with van der Waals surface area (Å²) in [6.45, 7) is 1.80. The van der Waals surface area contributed by atoms with Crippen molar-refractivity contribution in [1.29, 1.82) is 0 Å². The number of nitrogens with two attached hydrogens (primary N) is 1. The Morgan fingerprint density at radius 2 is 2.29 bits per heavy atom. The Morgan fingerprint density at radius 3 is 2.76 bits per heavy atom. The number of nitrogens with zero attached hydrogens (tertiary/aromatic N) is 1. The van der Waals surface area contributed by atoms with Crippen molar-refractivity contribution in [1.82, 2.24) is 4.98 Å². The summed E-state index contributed by atoms with van der Waals surface area (Å²) in [7, 11) is 0. The summed E-state index contributed by atoms with van der Waals surface area (Å²) in [4.78, 5) is 15.2. The first kappa shape index (κ1) is 14.2. The zero-order chi connectivity index (χ0) is 13.0. The highest BCUT2D eigenvalue weighted by Crippen LogP contribution is 2.29. The van der Waals surface area contributed by atoms with Gasteiger partial charge in [0.15, 0.2) is 5.69 Å². The van der Waals surface area contributed by atoms with Crippen LogP contribution in [-0.4, -0.2) is 17.6 Å². The number of rotatable bonds is 4. The van der Waals surface area contributed by atoms with E-state index in [0.717, 1.165) is 0 Å². The molecule has 0 aliphatic heterocycles. The SMILES string of the molecule is CCOC(=O)c1ncc(CN)c(I)c1C(F)F. The summed E-state index contributed by atoms with van der Waals surface area (Å²) in [6, 6.07) is 0. The molecule has 1 heterocycles. The van der Waals surface area contributed by atoms with Crippen LogP contribution in [0.5, 0.6) is 0 Å². The van der Waals surface area contributed by atoms with Crippen LogP contribution in [0.25, 0.3) is 0 Å². The summed E-state index contributed by atoms with van der Waals surface area (Å²) in [6.07, 6.45) is -1.47. The third-order valence-corrected chi connectivity index (χ3v) is 3.30. The highest BCUT2D eigenvalue weighted by Gasteiger charge is 2.25. The number of alkyl halides is 2. The van der Waals surface area contributed by atoms with Gasteiger partial charge in [-0.15, -0.1) is 0 Å². The molecular weight excluding hydrogens is 345 g/mol. The predicted molar refractivity (Wildman–Crippen MR) is 65.8 cm³/mol. The van der Waals surface area contributed by atoms with E-state index >= 15 is 0 Å². The first-order valence-corrected chi connectivity index (χ1v) is 5.93. The molecule has 0 unspecified atom stereocenters. The average molecular weight is 356 g/mol. The molecule has 0 aliphatic rings. The molecule has 0 saturated carbocycles. The standard InChI is InChI=1S/C10H11F2IN2O2/c1-2-17-10(16)8-6(9(11)12)7(13)5(3-14)4-15-8/h4,9H,2-3,14H2,1H3. The Kier molecular flexibility index (Phi) is 5.19. The van der Waals surface area contributed by atoms with Gasteiger partial charge in [0.05, 0.1) is 12.2 Å². The van der Waals surface area contributed by atoms with Gasteiger partial charge in [0.25, 0.3) is 6.43 Å². The van der Waals surface area contributed by atoms with Gasteiger partial charge in [0.2, 0.25) is 0 Å². The molecule has 94 valence electrons. The first-order chi connectivity index (χ1) is 8.02. The molecule has 1 rings (SSSR count). The molecule has 1 aromatic rings. The van der Waals surface area contributed by atoms with Crippen LogP contribution in [0.3, 0.4) is 0 Å². The number of hydrogen-bond donors (Lipinski definition) is 1. The third kappa shape index (κ3) is 3.09. The fourth-order valence-electron chi connectivity index (χ4n) is 1.25. The van der Waals surface area contributed by atoms with Crippen LogP contribution in [0, 0.1) is 3.57 Å². The van der Waals surface area contributed by atoms with Gasteiger partial charge >= 0.3 is 5.97 Å². The topological polar surface area (TPSA) is 65.2 Å². The molecule has 0 radical (unpaired) electrons. The molecule has 0 spiro atoms. The van der Waals surface area contributed by atoms with Crippen molar-refractivity contribution in [3.63, 3.8) is 0 Å². The molecule has 0 bridgehead atoms. The van der Waals surface area contributed by atoms with Gasteiger partial charge in [-0.05, 0) is 35.1 Å². The number of hydrogen-bond acceptors (Lipinski definition) is 4. The molecule has 17 heavy (non-hydrogen) atoms. The summed E-state index contributed by atoms with van der Waals surface area (Å²) >= 11 is 1.74. The lowest BCUT2D eigenvalue weighted by atomic mass is 10.1. The van der Waals surface area contributed by atoms with Crippen molar-refractivity contribution in [2.75, 3.05) is 6.61 Å². The van der Waals surface area contributed by atoms with Crippen LogP contribution in [-0.2, 0) is 11.3 Å². The van der Waals surface area contributed by atoms with Gasteiger partial charge < -0.3 is 10.5 Å². The van der Waals surface area contributed by atoms with E-state index in [4.69, 9.17) is 5.73 Å². The lowest BCUT2D eigenvalue weighted by Crippen LogP contribution is -2.14. The molecule has 0 aromatic carbocycles. The highest BCUT2D eigenvalue weighted by atomic mass is 127. The molecule has 0 atom stereocenters. The Morgan fingerprint density at radius 1 is 1.65 bits per heavy atom. The summed E-state index contributed by atoms with van der Waals surface area (Å²) in [5.41, 5.74) is 5.12. The van der Waals surface area contributed by atoms with Gasteiger partial charge in [-0.3, -0.25) is 0 Å². The molecule has 7 heteroatoms. The van der Waals surface area contributed by atoms with Gasteiger partial charge in [-0.2, -0.15) is 0 Å². The van der Waals surface area contributed by atoms with E-state index in [2.05, 4.69) is 9.72 Å². The Bertz CT molecular complexity index is 427. The zero-order valence-corrected chi connectivity index (χ0v) is 11.2. The zero-order valence-electron chi connectivity index (χ0n) is 9.04.